The molecule has 0 aromatic carbocycles. The highest BCUT2D eigenvalue weighted by atomic mass is 79.9. The van der Waals surface area contributed by atoms with Gasteiger partial charge in [-0.05, 0) is 52.1 Å². The number of esters is 1. The van der Waals surface area contributed by atoms with E-state index in [1.165, 1.54) is 7.11 Å². The summed E-state index contributed by atoms with van der Waals surface area (Å²) < 4.78 is 5.83. The van der Waals surface area contributed by atoms with Crippen molar-refractivity contribution in [3.05, 3.63) is 32.1 Å². The van der Waals surface area contributed by atoms with Crippen LogP contribution in [0.3, 0.4) is 0 Å². The summed E-state index contributed by atoms with van der Waals surface area (Å²) in [5, 5.41) is 8.52. The molecule has 2 N–H and O–H groups in total. The summed E-state index contributed by atoms with van der Waals surface area (Å²) in [6, 6.07) is 1.70. The van der Waals surface area contributed by atoms with Gasteiger partial charge in [0.25, 0.3) is 0 Å². The van der Waals surface area contributed by atoms with Crippen molar-refractivity contribution >= 4 is 50.6 Å². The van der Waals surface area contributed by atoms with Gasteiger partial charge in [-0.25, -0.2) is 4.79 Å². The number of thiophene rings is 1. The van der Waals surface area contributed by atoms with E-state index in [4.69, 9.17) is 17.0 Å². The Bertz CT molecular complexity index is 539. The lowest BCUT2D eigenvalue weighted by Crippen LogP contribution is -2.44. The van der Waals surface area contributed by atoms with Gasteiger partial charge in [0.05, 0.1) is 22.5 Å². The van der Waals surface area contributed by atoms with E-state index in [0.29, 0.717) is 10.7 Å². The van der Waals surface area contributed by atoms with Crippen molar-refractivity contribution < 1.29 is 9.53 Å². The molecule has 1 atom stereocenters. The van der Waals surface area contributed by atoms with Crippen LogP contribution in [0.1, 0.15) is 18.5 Å². The molecule has 0 radical (unpaired) electrons. The molecule has 1 aromatic rings. The van der Waals surface area contributed by atoms with Crippen LogP contribution >= 0.6 is 39.5 Å². The molecule has 1 aliphatic heterocycles. The van der Waals surface area contributed by atoms with E-state index in [0.717, 1.165) is 15.0 Å². The van der Waals surface area contributed by atoms with Gasteiger partial charge in [-0.2, -0.15) is 0 Å². The quantitative estimate of drug-likeness (QED) is 0.636. The number of hydrogen-bond acceptors (Lipinski definition) is 4. The third-order valence-corrected chi connectivity index (χ3v) is 4.34. The fourth-order valence-electron chi connectivity index (χ4n) is 1.80. The maximum atomic E-state index is 11.9. The first kappa shape index (κ1) is 13.5. The second kappa shape index (κ2) is 5.38. The van der Waals surface area contributed by atoms with Crippen LogP contribution in [-0.2, 0) is 9.53 Å². The lowest BCUT2D eigenvalue weighted by atomic mass is 9.98. The Kier molecular flexibility index (Phi) is 4.04. The Morgan fingerprint density at radius 3 is 2.89 bits per heavy atom. The van der Waals surface area contributed by atoms with Gasteiger partial charge in [-0.15, -0.1) is 11.3 Å². The lowest BCUT2D eigenvalue weighted by molar-refractivity contribution is -0.136. The molecule has 0 fully saturated rings. The van der Waals surface area contributed by atoms with Gasteiger partial charge in [-0.1, -0.05) is 0 Å². The molecule has 0 spiro atoms. The molecular weight excluding hydrogens is 336 g/mol. The average Bonchev–Trinajstić information content (AvgIpc) is 2.74. The third-order valence-electron chi connectivity index (χ3n) is 2.60. The van der Waals surface area contributed by atoms with E-state index in [2.05, 4.69) is 26.6 Å². The van der Waals surface area contributed by atoms with Crippen molar-refractivity contribution in [2.75, 3.05) is 7.11 Å². The van der Waals surface area contributed by atoms with Gasteiger partial charge < -0.3 is 15.4 Å². The number of hydrogen-bond donors (Lipinski definition) is 2. The van der Waals surface area contributed by atoms with E-state index in [-0.39, 0.29) is 12.0 Å². The zero-order chi connectivity index (χ0) is 13.3. The highest BCUT2D eigenvalue weighted by Crippen LogP contribution is 2.32. The summed E-state index contributed by atoms with van der Waals surface area (Å²) in [4.78, 5) is 11.9. The Balaban J connectivity index is 2.45. The van der Waals surface area contributed by atoms with Crippen molar-refractivity contribution in [3.8, 4) is 0 Å². The number of rotatable bonds is 2. The number of halogens is 1. The van der Waals surface area contributed by atoms with E-state index in [1.54, 1.807) is 11.3 Å². The van der Waals surface area contributed by atoms with Gasteiger partial charge >= 0.3 is 5.97 Å². The molecule has 4 nitrogen and oxygen atoms in total. The SMILES string of the molecule is COC(=O)C1=C(C)NC(=S)N[C@@H]1c1csc(Br)c1. The zero-order valence-corrected chi connectivity index (χ0v) is 13.0. The monoisotopic (exact) mass is 346 g/mol. The van der Waals surface area contributed by atoms with Gasteiger partial charge in [0.15, 0.2) is 5.11 Å². The van der Waals surface area contributed by atoms with Gasteiger partial charge in [0, 0.05) is 5.70 Å². The molecule has 18 heavy (non-hydrogen) atoms. The number of methoxy groups -OCH3 is 1. The summed E-state index contributed by atoms with van der Waals surface area (Å²) >= 11 is 10.1. The normalized spacial score (nSPS) is 19.3. The molecule has 7 heteroatoms. The minimum atomic E-state index is -0.359. The predicted molar refractivity (Wildman–Crippen MR) is 78.3 cm³/mol. The van der Waals surface area contributed by atoms with Crippen LogP contribution in [0.5, 0.6) is 0 Å². The molecule has 0 bridgehead atoms. The van der Waals surface area contributed by atoms with E-state index in [9.17, 15) is 4.79 Å². The molecule has 96 valence electrons. The largest absolute Gasteiger partial charge is 0.466 e. The number of thiocarbonyl (C=S) groups is 1. The molecule has 1 aliphatic rings. The zero-order valence-electron chi connectivity index (χ0n) is 9.74. The number of nitrogens with one attached hydrogen (secondary N) is 2. The van der Waals surface area contributed by atoms with Crippen LogP contribution in [0.15, 0.2) is 26.5 Å². The van der Waals surface area contributed by atoms with E-state index in [1.807, 2.05) is 18.4 Å². The Morgan fingerprint density at radius 1 is 1.61 bits per heavy atom. The molecule has 0 saturated carbocycles. The summed E-state index contributed by atoms with van der Waals surface area (Å²) in [5.41, 5.74) is 2.25. The summed E-state index contributed by atoms with van der Waals surface area (Å²) in [7, 11) is 1.37. The molecule has 2 rings (SSSR count). The van der Waals surface area contributed by atoms with Gasteiger partial charge in [-0.3, -0.25) is 0 Å². The van der Waals surface area contributed by atoms with Crippen molar-refractivity contribution in [2.24, 2.45) is 0 Å². The van der Waals surface area contributed by atoms with Crippen LogP contribution in [0.25, 0.3) is 0 Å². The summed E-state index contributed by atoms with van der Waals surface area (Å²) in [6.45, 7) is 1.81. The van der Waals surface area contributed by atoms with Crippen LogP contribution in [0.4, 0.5) is 0 Å². The fourth-order valence-corrected chi connectivity index (χ4v) is 3.27. The highest BCUT2D eigenvalue weighted by molar-refractivity contribution is 9.11. The first-order valence-corrected chi connectivity index (χ1v) is 7.21. The van der Waals surface area contributed by atoms with Crippen molar-refractivity contribution in [3.63, 3.8) is 0 Å². The van der Waals surface area contributed by atoms with Gasteiger partial charge in [0.2, 0.25) is 0 Å². The van der Waals surface area contributed by atoms with Crippen LogP contribution in [-0.4, -0.2) is 18.2 Å². The molecule has 0 amide bonds. The minimum absolute atomic E-state index is 0.270. The third kappa shape index (κ3) is 2.57. The first-order chi connectivity index (χ1) is 8.52. The molecule has 2 heterocycles. The molecular formula is C11H11BrN2O2S2. The van der Waals surface area contributed by atoms with Gasteiger partial charge in [0.1, 0.15) is 0 Å². The van der Waals surface area contributed by atoms with Crippen LogP contribution in [0.2, 0.25) is 0 Å². The lowest BCUT2D eigenvalue weighted by Gasteiger charge is -2.28. The molecule has 0 saturated heterocycles. The number of allylic oxidation sites excluding steroid dienone is 1. The van der Waals surface area contributed by atoms with Crippen LogP contribution < -0.4 is 10.6 Å². The highest BCUT2D eigenvalue weighted by Gasteiger charge is 2.30. The fraction of sp³-hybridized carbons (Fsp3) is 0.273. The Labute approximate surface area is 123 Å². The standard InChI is InChI=1S/C11H11BrN2O2S2/c1-5-8(10(15)16-2)9(14-11(17)13-5)6-3-7(12)18-4-6/h3-4,9H,1-2H3,(H2,13,14,17)/t9-/m1/s1. The second-order valence-electron chi connectivity index (χ2n) is 3.75. The molecule has 0 aliphatic carbocycles. The number of carbonyl (C=O) groups excluding carboxylic acids is 1. The predicted octanol–water partition coefficient (Wildman–Crippen LogP) is 2.48. The first-order valence-electron chi connectivity index (χ1n) is 5.13. The minimum Gasteiger partial charge on any atom is -0.466 e. The number of ether oxygens (including phenoxy) is 1. The summed E-state index contributed by atoms with van der Waals surface area (Å²) in [6.07, 6.45) is 0. The van der Waals surface area contributed by atoms with Crippen LogP contribution in [0, 0.1) is 0 Å². The van der Waals surface area contributed by atoms with E-state index >= 15 is 0 Å². The van der Waals surface area contributed by atoms with Crippen molar-refractivity contribution in [2.45, 2.75) is 13.0 Å². The van der Waals surface area contributed by atoms with Crippen molar-refractivity contribution in [1.29, 1.82) is 0 Å². The Hall–Kier alpha value is -0.920. The van der Waals surface area contributed by atoms with Crippen molar-refractivity contribution in [1.82, 2.24) is 10.6 Å². The maximum Gasteiger partial charge on any atom is 0.337 e. The second-order valence-corrected chi connectivity index (χ2v) is 6.44. The average molecular weight is 347 g/mol. The molecule has 0 unspecified atom stereocenters. The maximum absolute atomic E-state index is 11.9. The Morgan fingerprint density at radius 2 is 2.33 bits per heavy atom. The number of carbonyl (C=O) groups is 1. The summed E-state index contributed by atoms with van der Waals surface area (Å²) in [5.74, 6) is -0.359. The molecule has 1 aromatic heterocycles. The smallest absolute Gasteiger partial charge is 0.337 e. The van der Waals surface area contributed by atoms with E-state index < -0.39 is 0 Å². The topological polar surface area (TPSA) is 50.4 Å².